The van der Waals surface area contributed by atoms with Gasteiger partial charge in [-0.15, -0.1) is 13.2 Å². The molecule has 0 N–H and O–H groups in total. The van der Waals surface area contributed by atoms with Crippen molar-refractivity contribution in [3.63, 3.8) is 0 Å². The molecule has 0 atom stereocenters. The van der Waals surface area contributed by atoms with Crippen molar-refractivity contribution in [2.45, 2.75) is 0 Å². The Morgan fingerprint density at radius 3 is 1.06 bits per heavy atom. The molecule has 2 aromatic rings. The molecule has 2 aromatic carbocycles. The summed E-state index contributed by atoms with van der Waals surface area (Å²) in [4.78, 5) is 0. The Hall–Kier alpha value is -2.34. The molecule has 0 aromatic heterocycles. The molecule has 2 rings (SSSR count). The van der Waals surface area contributed by atoms with Crippen molar-refractivity contribution in [3.8, 4) is 0 Å². The third-order valence-electron chi connectivity index (χ3n) is 2.10. The standard InChI is InChI=1S/C10H10.C6H6.C2H4/c1-3-9-7-5-6-8-10(9)4-2;1-2-4-6-5-3-1;1-2/h3-8H,1-2H2;1-6H;1-2H2. The highest BCUT2D eigenvalue weighted by Gasteiger charge is 1.89. The summed E-state index contributed by atoms with van der Waals surface area (Å²) in [7, 11) is 0. The Morgan fingerprint density at radius 2 is 0.833 bits per heavy atom. The minimum atomic E-state index is 1.14. The van der Waals surface area contributed by atoms with E-state index in [2.05, 4.69) is 26.3 Å². The fourth-order valence-electron chi connectivity index (χ4n) is 1.27. The Morgan fingerprint density at radius 1 is 0.556 bits per heavy atom. The lowest BCUT2D eigenvalue weighted by Gasteiger charge is -1.96. The van der Waals surface area contributed by atoms with Crippen LogP contribution in [0.25, 0.3) is 12.2 Å². The van der Waals surface area contributed by atoms with Gasteiger partial charge in [0, 0.05) is 0 Å². The maximum absolute atomic E-state index is 3.69. The summed E-state index contributed by atoms with van der Waals surface area (Å²) in [5, 5.41) is 0. The highest BCUT2D eigenvalue weighted by Crippen LogP contribution is 2.10. The molecular formula is C18H20. The van der Waals surface area contributed by atoms with Crippen LogP contribution in [0, 0.1) is 0 Å². The summed E-state index contributed by atoms with van der Waals surface area (Å²) < 4.78 is 0. The van der Waals surface area contributed by atoms with Crippen molar-refractivity contribution in [1.29, 1.82) is 0 Å². The van der Waals surface area contributed by atoms with E-state index in [1.807, 2.05) is 72.8 Å². The number of hydrogen-bond donors (Lipinski definition) is 0. The summed E-state index contributed by atoms with van der Waals surface area (Å²) in [5.41, 5.74) is 2.27. The monoisotopic (exact) mass is 236 g/mol. The minimum Gasteiger partial charge on any atom is -0.106 e. The van der Waals surface area contributed by atoms with E-state index in [9.17, 15) is 0 Å². The van der Waals surface area contributed by atoms with Crippen molar-refractivity contribution < 1.29 is 0 Å². The van der Waals surface area contributed by atoms with E-state index in [0.29, 0.717) is 0 Å². The average Bonchev–Trinajstić information content (AvgIpc) is 2.51. The van der Waals surface area contributed by atoms with Crippen LogP contribution in [0.4, 0.5) is 0 Å². The van der Waals surface area contributed by atoms with Gasteiger partial charge in [0.15, 0.2) is 0 Å². The van der Waals surface area contributed by atoms with Gasteiger partial charge in [-0.2, -0.15) is 0 Å². The lowest BCUT2D eigenvalue weighted by molar-refractivity contribution is 1.62. The van der Waals surface area contributed by atoms with E-state index in [1.165, 1.54) is 0 Å². The summed E-state index contributed by atoms with van der Waals surface area (Å²) in [6, 6.07) is 20.0. The third-order valence-corrected chi connectivity index (χ3v) is 2.10. The number of benzene rings is 2. The second-order valence-corrected chi connectivity index (χ2v) is 3.19. The molecule has 92 valence electrons. The van der Waals surface area contributed by atoms with Gasteiger partial charge in [-0.25, -0.2) is 0 Å². The van der Waals surface area contributed by atoms with Crippen LogP contribution in [0.5, 0.6) is 0 Å². The van der Waals surface area contributed by atoms with Crippen LogP contribution in [0.1, 0.15) is 11.1 Å². The van der Waals surface area contributed by atoms with Gasteiger partial charge in [0.2, 0.25) is 0 Å². The summed E-state index contributed by atoms with van der Waals surface area (Å²) >= 11 is 0. The van der Waals surface area contributed by atoms with Gasteiger partial charge in [0.1, 0.15) is 0 Å². The fraction of sp³-hybridized carbons (Fsp3) is 0. The molecule has 0 aliphatic rings. The number of rotatable bonds is 2. The van der Waals surface area contributed by atoms with Crippen LogP contribution in [0.2, 0.25) is 0 Å². The molecule has 0 bridgehead atoms. The molecule has 0 radical (unpaired) electrons. The van der Waals surface area contributed by atoms with E-state index < -0.39 is 0 Å². The van der Waals surface area contributed by atoms with E-state index in [-0.39, 0.29) is 0 Å². The summed E-state index contributed by atoms with van der Waals surface area (Å²) in [5.74, 6) is 0. The Kier molecular flexibility index (Phi) is 9.70. The zero-order chi connectivity index (χ0) is 13.6. The summed E-state index contributed by atoms with van der Waals surface area (Å²) in [6.45, 7) is 13.4. The molecule has 0 unspecified atom stereocenters. The van der Waals surface area contributed by atoms with Crippen molar-refractivity contribution in [2.75, 3.05) is 0 Å². The molecular weight excluding hydrogens is 216 g/mol. The first-order valence-corrected chi connectivity index (χ1v) is 5.72. The van der Waals surface area contributed by atoms with Gasteiger partial charge in [0.25, 0.3) is 0 Å². The predicted molar refractivity (Wildman–Crippen MR) is 84.3 cm³/mol. The summed E-state index contributed by atoms with van der Waals surface area (Å²) in [6.07, 6.45) is 3.66. The molecule has 0 aliphatic carbocycles. The molecule has 0 heteroatoms. The first-order chi connectivity index (χ1) is 8.88. The van der Waals surface area contributed by atoms with Crippen LogP contribution in [0.3, 0.4) is 0 Å². The van der Waals surface area contributed by atoms with Crippen LogP contribution >= 0.6 is 0 Å². The van der Waals surface area contributed by atoms with Gasteiger partial charge in [-0.05, 0) is 11.1 Å². The molecule has 0 heterocycles. The van der Waals surface area contributed by atoms with Crippen LogP contribution in [0.15, 0.2) is 87.0 Å². The van der Waals surface area contributed by atoms with Gasteiger partial charge in [0.05, 0.1) is 0 Å². The molecule has 0 nitrogen and oxygen atoms in total. The molecule has 18 heavy (non-hydrogen) atoms. The highest BCUT2D eigenvalue weighted by atomic mass is 13.9. The van der Waals surface area contributed by atoms with Crippen LogP contribution < -0.4 is 0 Å². The Bertz CT molecular complexity index is 387. The molecule has 0 spiro atoms. The largest absolute Gasteiger partial charge is 0.106 e. The first-order valence-electron chi connectivity index (χ1n) is 5.72. The van der Waals surface area contributed by atoms with Crippen molar-refractivity contribution in [1.82, 2.24) is 0 Å². The fourth-order valence-corrected chi connectivity index (χ4v) is 1.27. The minimum absolute atomic E-state index is 1.14. The van der Waals surface area contributed by atoms with E-state index in [1.54, 1.807) is 0 Å². The SMILES string of the molecule is C=C.C=Cc1ccccc1C=C.c1ccccc1. The van der Waals surface area contributed by atoms with Gasteiger partial charge in [-0.1, -0.05) is 86.0 Å². The highest BCUT2D eigenvalue weighted by molar-refractivity contribution is 5.63. The van der Waals surface area contributed by atoms with Gasteiger partial charge in [-0.3, -0.25) is 0 Å². The van der Waals surface area contributed by atoms with Gasteiger partial charge >= 0.3 is 0 Å². The topological polar surface area (TPSA) is 0 Å². The van der Waals surface area contributed by atoms with E-state index in [4.69, 9.17) is 0 Å². The Balaban J connectivity index is 0.000000308. The Labute approximate surface area is 111 Å². The maximum Gasteiger partial charge on any atom is -0.0190 e. The van der Waals surface area contributed by atoms with Crippen molar-refractivity contribution >= 4 is 12.2 Å². The zero-order valence-electron chi connectivity index (χ0n) is 10.8. The van der Waals surface area contributed by atoms with E-state index >= 15 is 0 Å². The second kappa shape index (κ2) is 11.2. The predicted octanol–water partition coefficient (Wildman–Crippen LogP) is 5.46. The quantitative estimate of drug-likeness (QED) is 0.607. The molecule has 0 aliphatic heterocycles. The average molecular weight is 236 g/mol. The second-order valence-electron chi connectivity index (χ2n) is 3.19. The lowest BCUT2D eigenvalue weighted by Crippen LogP contribution is -1.76. The smallest absolute Gasteiger partial charge is 0.0190 e. The lowest BCUT2D eigenvalue weighted by atomic mass is 10.1. The third kappa shape index (κ3) is 6.29. The number of hydrogen-bond acceptors (Lipinski definition) is 0. The first kappa shape index (κ1) is 15.7. The van der Waals surface area contributed by atoms with Crippen LogP contribution in [-0.4, -0.2) is 0 Å². The molecule has 0 amide bonds. The molecule has 0 saturated carbocycles. The van der Waals surface area contributed by atoms with E-state index in [0.717, 1.165) is 11.1 Å². The van der Waals surface area contributed by atoms with Crippen molar-refractivity contribution in [3.05, 3.63) is 98.1 Å². The molecule has 0 saturated heterocycles. The molecule has 0 fully saturated rings. The maximum atomic E-state index is 3.69. The van der Waals surface area contributed by atoms with Crippen LogP contribution in [-0.2, 0) is 0 Å². The van der Waals surface area contributed by atoms with Crippen molar-refractivity contribution in [2.24, 2.45) is 0 Å². The normalized spacial score (nSPS) is 7.78. The van der Waals surface area contributed by atoms with Gasteiger partial charge < -0.3 is 0 Å². The zero-order valence-corrected chi connectivity index (χ0v) is 10.8.